The number of nitrogens with zero attached hydrogens (tertiary/aromatic N) is 4. The highest BCUT2D eigenvalue weighted by atomic mass is 16.5. The zero-order valence-electron chi connectivity index (χ0n) is 50.7. The van der Waals surface area contributed by atoms with Crippen LogP contribution in [0.15, 0.2) is 195 Å². The van der Waals surface area contributed by atoms with E-state index in [1.807, 2.05) is 162 Å². The van der Waals surface area contributed by atoms with Crippen LogP contribution >= 0.6 is 0 Å². The van der Waals surface area contributed by atoms with Gasteiger partial charge in [-0.15, -0.1) is 0 Å². The molecule has 0 bridgehead atoms. The van der Waals surface area contributed by atoms with Crippen molar-refractivity contribution in [2.45, 2.75) is 91.1 Å². The van der Waals surface area contributed by atoms with Crippen LogP contribution in [0.1, 0.15) is 113 Å². The maximum Gasteiger partial charge on any atom is 0.257 e. The number of ether oxygens (including phenoxy) is 8. The molecule has 4 heterocycles. The van der Waals surface area contributed by atoms with Gasteiger partial charge in [0.05, 0.1) is 26.4 Å². The van der Waals surface area contributed by atoms with Gasteiger partial charge in [-0.1, -0.05) is 142 Å². The molecule has 4 atom stereocenters. The van der Waals surface area contributed by atoms with E-state index in [4.69, 9.17) is 43.0 Å². The van der Waals surface area contributed by atoms with Gasteiger partial charge in [-0.25, -0.2) is 19.9 Å². The first-order valence-corrected chi connectivity index (χ1v) is 29.7. The monoisotopic (exact) mass is 1160 g/mol. The van der Waals surface area contributed by atoms with Crippen molar-refractivity contribution in [1.29, 1.82) is 0 Å². The van der Waals surface area contributed by atoms with Crippen molar-refractivity contribution in [1.82, 2.24) is 35.9 Å². The van der Waals surface area contributed by atoms with Crippen molar-refractivity contribution in [2.24, 2.45) is 0 Å². The fraction of sp³-hybridized carbons (Fsp3) is 0.362. The van der Waals surface area contributed by atoms with Crippen molar-refractivity contribution in [2.75, 3.05) is 73.3 Å². The molecule has 4 aromatic heterocycles. The standard InChI is InChI=1S/C18H24N2O2.C17H22N2O3.C17H22N2O2.C17H21NO2/c1-3-19-14-12-16(15-9-6-5-7-10-15)22-17-11-8-13-20-18(17)21-4-2;1-18-11-9-15(14-6-3-2-4-7-14)22-16-8-5-10-19-17(16)21-13-12-20;1-3-20-17-16(10-7-12-19-17)21-15(11-13-18-2)14-8-5-4-6-9-14;1-3-9-15(14-10-6-5-7-11-14)20-16-12-8-13-18-17(16)19-4-2/h5-11,13,16,19H,3-4,12,14H2,1-2H3;2-8,10,15,18,20H,9,11-13H2,1H3;4-10,12,15,18H,3,11,13H2,1-2H3;5-8,10-13,15H,3-4,9H2,1-2H3. The van der Waals surface area contributed by atoms with E-state index in [2.05, 4.69) is 86.1 Å². The minimum absolute atomic E-state index is 0.0244. The molecule has 0 saturated carbocycles. The summed E-state index contributed by atoms with van der Waals surface area (Å²) in [6, 6.07) is 55.8. The first-order valence-electron chi connectivity index (χ1n) is 29.7. The molecule has 8 rings (SSSR count). The van der Waals surface area contributed by atoms with E-state index in [0.29, 0.717) is 66.3 Å². The number of aromatic nitrogens is 4. The molecular formula is C69H89N7O9. The Balaban J connectivity index is 0.000000207. The van der Waals surface area contributed by atoms with Gasteiger partial charge < -0.3 is 59.0 Å². The van der Waals surface area contributed by atoms with E-state index in [1.165, 1.54) is 5.56 Å². The lowest BCUT2D eigenvalue weighted by molar-refractivity contribution is 0.163. The van der Waals surface area contributed by atoms with Crippen molar-refractivity contribution >= 4 is 0 Å². The van der Waals surface area contributed by atoms with Gasteiger partial charge in [-0.2, -0.15) is 0 Å². The molecule has 85 heavy (non-hydrogen) atoms. The summed E-state index contributed by atoms with van der Waals surface area (Å²) in [4.78, 5) is 16.9. The lowest BCUT2D eigenvalue weighted by Crippen LogP contribution is -2.19. The topological polar surface area (TPSA) is 182 Å². The largest absolute Gasteiger partial charge is 0.480 e. The maximum atomic E-state index is 8.89. The second-order valence-corrected chi connectivity index (χ2v) is 18.9. The Kier molecular flexibility index (Phi) is 33.1. The summed E-state index contributed by atoms with van der Waals surface area (Å²) in [5.74, 6) is 4.73. The van der Waals surface area contributed by atoms with Crippen LogP contribution in [0.2, 0.25) is 0 Å². The van der Waals surface area contributed by atoms with Crippen molar-refractivity contribution < 1.29 is 43.0 Å². The van der Waals surface area contributed by atoms with Crippen LogP contribution in [0.25, 0.3) is 0 Å². The third-order valence-electron chi connectivity index (χ3n) is 12.6. The SMILES string of the molecule is CCCC(Oc1cccnc1OCC)c1ccccc1.CCNCCC(Oc1cccnc1OCC)c1ccccc1.CCOc1ncccc1OC(CCNC)c1ccccc1.CNCCC(Oc1cccnc1OCCO)c1ccccc1. The number of pyridine rings is 4. The number of hydrogen-bond donors (Lipinski definition) is 4. The molecule has 0 radical (unpaired) electrons. The van der Waals surface area contributed by atoms with Gasteiger partial charge in [0.1, 0.15) is 31.0 Å². The van der Waals surface area contributed by atoms with Gasteiger partial charge >= 0.3 is 0 Å². The van der Waals surface area contributed by atoms with E-state index >= 15 is 0 Å². The summed E-state index contributed by atoms with van der Waals surface area (Å²) in [5, 5.41) is 18.5. The lowest BCUT2D eigenvalue weighted by atomic mass is 10.1. The predicted octanol–water partition coefficient (Wildman–Crippen LogP) is 13.4. The summed E-state index contributed by atoms with van der Waals surface area (Å²) in [7, 11) is 3.86. The van der Waals surface area contributed by atoms with E-state index in [0.717, 1.165) is 75.0 Å². The first kappa shape index (κ1) is 67.5. The maximum absolute atomic E-state index is 8.89. The van der Waals surface area contributed by atoms with Gasteiger partial charge in [0.15, 0.2) is 23.0 Å². The number of rotatable bonds is 33. The lowest BCUT2D eigenvalue weighted by Gasteiger charge is -2.21. The Morgan fingerprint density at radius 1 is 0.365 bits per heavy atom. The Bertz CT molecular complexity index is 2940. The smallest absolute Gasteiger partial charge is 0.257 e. The fourth-order valence-corrected chi connectivity index (χ4v) is 8.53. The minimum atomic E-state index is -0.0886. The van der Waals surface area contributed by atoms with E-state index in [1.54, 1.807) is 30.9 Å². The number of aliphatic hydroxyl groups is 1. The first-order chi connectivity index (χ1) is 41.9. The number of aliphatic hydroxyl groups excluding tert-OH is 1. The zero-order chi connectivity index (χ0) is 60.4. The highest BCUT2D eigenvalue weighted by molar-refractivity contribution is 5.37. The molecule has 8 aromatic rings. The summed E-state index contributed by atoms with van der Waals surface area (Å²) in [5.41, 5.74) is 4.60. The summed E-state index contributed by atoms with van der Waals surface area (Å²) in [6.45, 7) is 15.5. The van der Waals surface area contributed by atoms with Crippen LogP contribution in [0.4, 0.5) is 0 Å². The number of benzene rings is 4. The molecule has 0 aliphatic rings. The quantitative estimate of drug-likeness (QED) is 0.0285. The van der Waals surface area contributed by atoms with Gasteiger partial charge in [0, 0.05) is 44.0 Å². The van der Waals surface area contributed by atoms with E-state index in [-0.39, 0.29) is 37.6 Å². The molecule has 0 saturated heterocycles. The molecule has 16 heteroatoms. The molecule has 4 unspecified atom stereocenters. The number of nitrogens with one attached hydrogen (secondary N) is 3. The third-order valence-corrected chi connectivity index (χ3v) is 12.6. The van der Waals surface area contributed by atoms with Crippen LogP contribution < -0.4 is 53.8 Å². The molecular weight excluding hydrogens is 1070 g/mol. The molecule has 0 fully saturated rings. The predicted molar refractivity (Wildman–Crippen MR) is 337 cm³/mol. The Morgan fingerprint density at radius 2 is 0.659 bits per heavy atom. The van der Waals surface area contributed by atoms with Crippen LogP contribution in [0, 0.1) is 0 Å². The zero-order valence-corrected chi connectivity index (χ0v) is 50.7. The van der Waals surface area contributed by atoms with Crippen molar-refractivity contribution in [3.8, 4) is 46.5 Å². The normalized spacial score (nSPS) is 11.9. The van der Waals surface area contributed by atoms with E-state index in [9.17, 15) is 0 Å². The Hall–Kier alpha value is -8.28. The average molecular weight is 1160 g/mol. The highest BCUT2D eigenvalue weighted by Crippen LogP contribution is 2.35. The highest BCUT2D eigenvalue weighted by Gasteiger charge is 2.20. The molecule has 0 aliphatic heterocycles. The Morgan fingerprint density at radius 3 is 0.929 bits per heavy atom. The van der Waals surface area contributed by atoms with Crippen LogP contribution in [0.5, 0.6) is 46.5 Å². The van der Waals surface area contributed by atoms with E-state index < -0.39 is 0 Å². The second kappa shape index (κ2) is 41.7. The van der Waals surface area contributed by atoms with Gasteiger partial charge in [0.25, 0.3) is 23.5 Å². The fourth-order valence-electron chi connectivity index (χ4n) is 8.53. The molecule has 0 amide bonds. The van der Waals surface area contributed by atoms with Crippen molar-refractivity contribution in [3.63, 3.8) is 0 Å². The summed E-state index contributed by atoms with van der Waals surface area (Å²) in [6.07, 6.45) is 11.3. The Labute approximate surface area is 504 Å². The van der Waals surface area contributed by atoms with Gasteiger partial charge in [-0.3, -0.25) is 0 Å². The van der Waals surface area contributed by atoms with Gasteiger partial charge in [-0.05, 0) is 138 Å². The summed E-state index contributed by atoms with van der Waals surface area (Å²) >= 11 is 0. The molecule has 4 N–H and O–H groups in total. The minimum Gasteiger partial charge on any atom is -0.480 e. The van der Waals surface area contributed by atoms with Crippen LogP contribution in [0.3, 0.4) is 0 Å². The van der Waals surface area contributed by atoms with Gasteiger partial charge in [0.2, 0.25) is 0 Å². The molecule has 0 aliphatic carbocycles. The van der Waals surface area contributed by atoms with Crippen molar-refractivity contribution in [3.05, 3.63) is 217 Å². The molecule has 454 valence electrons. The molecule has 0 spiro atoms. The molecule has 4 aromatic carbocycles. The third kappa shape index (κ3) is 24.8. The van der Waals surface area contributed by atoms with Crippen LogP contribution in [-0.4, -0.2) is 98.4 Å². The number of hydrogen-bond acceptors (Lipinski definition) is 16. The molecule has 16 nitrogen and oxygen atoms in total. The van der Waals surface area contributed by atoms with Crippen LogP contribution in [-0.2, 0) is 0 Å². The second-order valence-electron chi connectivity index (χ2n) is 18.9. The average Bonchev–Trinajstić information content (AvgIpc) is 3.71. The summed E-state index contributed by atoms with van der Waals surface area (Å²) < 4.78 is 46.6.